The zero-order valence-electron chi connectivity index (χ0n) is 22.1. The lowest BCUT2D eigenvalue weighted by molar-refractivity contribution is 0.0631. The van der Waals surface area contributed by atoms with Gasteiger partial charge in [-0.15, -0.1) is 6.58 Å². The van der Waals surface area contributed by atoms with Crippen molar-refractivity contribution in [3.05, 3.63) is 76.8 Å². The number of halogens is 1. The van der Waals surface area contributed by atoms with Crippen LogP contribution in [-0.2, 0) is 0 Å². The Labute approximate surface area is 221 Å². The molecule has 2 aromatic carbocycles. The van der Waals surface area contributed by atoms with Gasteiger partial charge in [0, 0.05) is 43.0 Å². The maximum atomic E-state index is 12.8. The number of carbonyl (C=O) groups excluding carboxylic acids is 1. The predicted molar refractivity (Wildman–Crippen MR) is 151 cm³/mol. The standard InChI is InChI=1S/C22H32N4O2.C7H7Cl/c1-6-16(3)15-24-21(23)19(7-2)25-10-12-26(13-11-25)22(27)18-9-8-17(4)20(14-18)28-5;1-6-3-2-4-7(8)5-6/h7-9,14-16,19,23H,2,6,10-13H2,1,3-5H3;2-5H,1H3. The highest BCUT2D eigenvalue weighted by Crippen LogP contribution is 2.21. The van der Waals surface area contributed by atoms with Gasteiger partial charge in [-0.25, -0.2) is 4.99 Å². The van der Waals surface area contributed by atoms with Crippen molar-refractivity contribution in [3.8, 4) is 5.75 Å². The second-order valence-electron chi connectivity index (χ2n) is 9.04. The number of ether oxygens (including phenoxy) is 1. The van der Waals surface area contributed by atoms with Gasteiger partial charge in [0.05, 0.1) is 13.2 Å². The van der Waals surface area contributed by atoms with E-state index in [9.17, 15) is 4.79 Å². The fraction of sp³-hybridized carbons (Fsp3) is 0.414. The summed E-state index contributed by atoms with van der Waals surface area (Å²) in [6, 6.07) is 13.1. The van der Waals surface area contributed by atoms with Crippen LogP contribution in [0, 0.1) is 25.2 Å². The summed E-state index contributed by atoms with van der Waals surface area (Å²) in [7, 11) is 1.61. The van der Waals surface area contributed by atoms with Crippen LogP contribution in [0.5, 0.6) is 5.75 Å². The van der Waals surface area contributed by atoms with E-state index in [2.05, 4.69) is 30.3 Å². The summed E-state index contributed by atoms with van der Waals surface area (Å²) in [5.74, 6) is 1.40. The minimum absolute atomic E-state index is 0.0120. The molecular formula is C29H39ClN4O2. The molecule has 1 N–H and O–H groups in total. The molecular weight excluding hydrogens is 472 g/mol. The number of hydrogen-bond acceptors (Lipinski definition) is 4. The summed E-state index contributed by atoms with van der Waals surface area (Å²) in [6.45, 7) is 14.7. The van der Waals surface area contributed by atoms with Gasteiger partial charge < -0.3 is 9.64 Å². The lowest BCUT2D eigenvalue weighted by Gasteiger charge is -2.37. The van der Waals surface area contributed by atoms with Crippen molar-refractivity contribution in [1.29, 1.82) is 5.41 Å². The lowest BCUT2D eigenvalue weighted by Crippen LogP contribution is -2.53. The number of nitrogens with one attached hydrogen (secondary N) is 1. The van der Waals surface area contributed by atoms with E-state index >= 15 is 0 Å². The summed E-state index contributed by atoms with van der Waals surface area (Å²) in [5, 5.41) is 9.09. The van der Waals surface area contributed by atoms with Crippen LogP contribution >= 0.6 is 11.6 Å². The second kappa shape index (κ2) is 14.6. The first-order valence-corrected chi connectivity index (χ1v) is 12.7. The minimum Gasteiger partial charge on any atom is -0.496 e. The number of rotatable bonds is 7. The van der Waals surface area contributed by atoms with Crippen molar-refractivity contribution in [2.24, 2.45) is 10.9 Å². The highest BCUT2D eigenvalue weighted by atomic mass is 35.5. The number of carbonyl (C=O) groups is 1. The van der Waals surface area contributed by atoms with Gasteiger partial charge in [-0.05, 0) is 61.6 Å². The Morgan fingerprint density at radius 1 is 1.19 bits per heavy atom. The molecule has 1 amide bonds. The van der Waals surface area contributed by atoms with E-state index in [4.69, 9.17) is 21.7 Å². The number of hydrogen-bond donors (Lipinski definition) is 1. The van der Waals surface area contributed by atoms with Crippen molar-refractivity contribution in [1.82, 2.24) is 9.80 Å². The molecule has 194 valence electrons. The number of methoxy groups -OCH3 is 1. The van der Waals surface area contributed by atoms with Crippen LogP contribution in [0.1, 0.15) is 41.8 Å². The van der Waals surface area contributed by atoms with E-state index in [0.717, 1.165) is 22.8 Å². The molecule has 0 aromatic heterocycles. The Morgan fingerprint density at radius 2 is 1.89 bits per heavy atom. The summed E-state index contributed by atoms with van der Waals surface area (Å²) in [5.41, 5.74) is 2.86. The van der Waals surface area contributed by atoms with Crippen LogP contribution in [0.3, 0.4) is 0 Å². The summed E-state index contributed by atoms with van der Waals surface area (Å²) >= 11 is 5.64. The van der Waals surface area contributed by atoms with Gasteiger partial charge >= 0.3 is 0 Å². The summed E-state index contributed by atoms with van der Waals surface area (Å²) < 4.78 is 5.33. The zero-order chi connectivity index (χ0) is 26.7. The number of amides is 1. The third kappa shape index (κ3) is 8.61. The van der Waals surface area contributed by atoms with Crippen molar-refractivity contribution < 1.29 is 9.53 Å². The normalized spacial score (nSPS) is 15.6. The van der Waals surface area contributed by atoms with Crippen molar-refractivity contribution in [2.75, 3.05) is 33.3 Å². The zero-order valence-corrected chi connectivity index (χ0v) is 22.9. The molecule has 1 fully saturated rings. The average molecular weight is 511 g/mol. The fourth-order valence-electron chi connectivity index (χ4n) is 3.77. The number of amidine groups is 1. The molecule has 2 unspecified atom stereocenters. The van der Waals surface area contributed by atoms with E-state index in [1.165, 1.54) is 5.56 Å². The first-order chi connectivity index (χ1) is 17.2. The summed E-state index contributed by atoms with van der Waals surface area (Å²) in [6.07, 6.45) is 4.60. The van der Waals surface area contributed by atoms with Crippen molar-refractivity contribution in [2.45, 2.75) is 40.2 Å². The van der Waals surface area contributed by atoms with Gasteiger partial charge in [0.15, 0.2) is 0 Å². The van der Waals surface area contributed by atoms with Crippen molar-refractivity contribution in [3.63, 3.8) is 0 Å². The highest BCUT2D eigenvalue weighted by molar-refractivity contribution is 6.30. The molecule has 2 atom stereocenters. The molecule has 0 radical (unpaired) electrons. The van der Waals surface area contributed by atoms with E-state index in [1.54, 1.807) is 19.3 Å². The number of aryl methyl sites for hydroxylation is 2. The van der Waals surface area contributed by atoms with Gasteiger partial charge in [-0.3, -0.25) is 15.1 Å². The van der Waals surface area contributed by atoms with E-state index in [1.807, 2.05) is 61.4 Å². The molecule has 0 aliphatic carbocycles. The van der Waals surface area contributed by atoms with Crippen LogP contribution in [0.25, 0.3) is 0 Å². The molecule has 1 aliphatic rings. The van der Waals surface area contributed by atoms with E-state index in [0.29, 0.717) is 43.5 Å². The minimum atomic E-state index is -0.225. The van der Waals surface area contributed by atoms with Gasteiger partial charge in [0.2, 0.25) is 0 Å². The fourth-order valence-corrected chi connectivity index (χ4v) is 4.01. The van der Waals surface area contributed by atoms with Crippen molar-refractivity contribution >= 4 is 29.6 Å². The second-order valence-corrected chi connectivity index (χ2v) is 9.48. The molecule has 7 heteroatoms. The maximum absolute atomic E-state index is 12.8. The Kier molecular flexibility index (Phi) is 11.8. The van der Waals surface area contributed by atoms with Crippen LogP contribution in [0.15, 0.2) is 60.1 Å². The van der Waals surface area contributed by atoms with Gasteiger partial charge in [-0.2, -0.15) is 0 Å². The molecule has 1 saturated heterocycles. The molecule has 0 bridgehead atoms. The first-order valence-electron chi connectivity index (χ1n) is 12.3. The predicted octanol–water partition coefficient (Wildman–Crippen LogP) is 6.06. The first kappa shape index (κ1) is 29.3. The number of piperazine rings is 1. The average Bonchev–Trinajstić information content (AvgIpc) is 2.88. The molecule has 1 aliphatic heterocycles. The monoisotopic (exact) mass is 510 g/mol. The third-order valence-corrected chi connectivity index (χ3v) is 6.48. The van der Waals surface area contributed by atoms with Gasteiger partial charge in [0.25, 0.3) is 5.91 Å². The quantitative estimate of drug-likeness (QED) is 0.279. The van der Waals surface area contributed by atoms with Crippen LogP contribution in [0.4, 0.5) is 0 Å². The third-order valence-electron chi connectivity index (χ3n) is 6.25. The topological polar surface area (TPSA) is 69.0 Å². The van der Waals surface area contributed by atoms with Crippen LogP contribution in [0.2, 0.25) is 5.02 Å². The largest absolute Gasteiger partial charge is 0.496 e. The molecule has 0 saturated carbocycles. The Hall–Kier alpha value is -2.96. The van der Waals surface area contributed by atoms with E-state index in [-0.39, 0.29) is 11.9 Å². The Bertz CT molecular complexity index is 1040. The molecule has 6 nitrogen and oxygen atoms in total. The van der Waals surface area contributed by atoms with Crippen LogP contribution in [-0.4, -0.2) is 67.1 Å². The molecule has 2 aromatic rings. The number of benzene rings is 2. The smallest absolute Gasteiger partial charge is 0.254 e. The van der Waals surface area contributed by atoms with Gasteiger partial charge in [-0.1, -0.05) is 49.7 Å². The van der Waals surface area contributed by atoms with Crippen LogP contribution < -0.4 is 4.74 Å². The lowest BCUT2D eigenvalue weighted by atomic mass is 10.1. The molecule has 3 rings (SSSR count). The Morgan fingerprint density at radius 3 is 2.42 bits per heavy atom. The van der Waals surface area contributed by atoms with Gasteiger partial charge in [0.1, 0.15) is 11.6 Å². The molecule has 1 heterocycles. The maximum Gasteiger partial charge on any atom is 0.254 e. The number of nitrogens with zero attached hydrogens (tertiary/aromatic N) is 3. The molecule has 36 heavy (non-hydrogen) atoms. The van der Waals surface area contributed by atoms with E-state index < -0.39 is 0 Å². The Balaban J connectivity index is 0.000000482. The number of aliphatic imine (C=N–C) groups is 1. The molecule has 0 spiro atoms. The highest BCUT2D eigenvalue weighted by Gasteiger charge is 2.27. The summed E-state index contributed by atoms with van der Waals surface area (Å²) in [4.78, 5) is 21.2. The SMILES string of the molecule is C=CC(C(=N)N=CC(C)CC)N1CCN(C(=O)c2ccc(C)c(OC)c2)CC1.Cc1cccc(Cl)c1.